The Hall–Kier alpha value is -1.53. The predicted molar refractivity (Wildman–Crippen MR) is 73.7 cm³/mol. The predicted octanol–water partition coefficient (Wildman–Crippen LogP) is 0.936. The first-order valence-corrected chi connectivity index (χ1v) is 7.31. The Balaban J connectivity index is 1.89. The first kappa shape index (κ1) is 12.5. The van der Waals surface area contributed by atoms with Crippen LogP contribution in [0.2, 0.25) is 0 Å². The van der Waals surface area contributed by atoms with E-state index in [1.807, 2.05) is 6.07 Å². The number of carboxylic acid groups (broad SMARTS) is 1. The van der Waals surface area contributed by atoms with Crippen LogP contribution in [-0.2, 0) is 11.2 Å². The number of carbonyl (C=O) groups excluding carboxylic acids is 1. The zero-order valence-corrected chi connectivity index (χ0v) is 11.1. The van der Waals surface area contributed by atoms with E-state index in [0.29, 0.717) is 6.54 Å². The van der Waals surface area contributed by atoms with Gasteiger partial charge in [0.1, 0.15) is 0 Å². The molecule has 0 spiro atoms. The maximum Gasteiger partial charge on any atom is 0.335 e. The van der Waals surface area contributed by atoms with Crippen LogP contribution < -0.4 is 10.2 Å². The van der Waals surface area contributed by atoms with E-state index in [1.165, 1.54) is 0 Å². The quantitative estimate of drug-likeness (QED) is 0.842. The minimum Gasteiger partial charge on any atom is -0.478 e. The topological polar surface area (TPSA) is 69.6 Å². The zero-order chi connectivity index (χ0) is 13.4. The molecule has 1 aromatic carbocycles. The molecule has 1 aromatic rings. The molecule has 1 amide bonds. The number of nitrogens with zero attached hydrogens (tertiary/aromatic N) is 1. The second-order valence-electron chi connectivity index (χ2n) is 4.66. The third kappa shape index (κ3) is 2.21. The Morgan fingerprint density at radius 3 is 2.95 bits per heavy atom. The van der Waals surface area contributed by atoms with Crippen molar-refractivity contribution in [3.8, 4) is 0 Å². The van der Waals surface area contributed by atoms with E-state index in [-0.39, 0.29) is 17.5 Å². The second-order valence-corrected chi connectivity index (χ2v) is 5.69. The summed E-state index contributed by atoms with van der Waals surface area (Å²) in [5.74, 6) is 0.665. The van der Waals surface area contributed by atoms with Gasteiger partial charge in [-0.3, -0.25) is 10.1 Å². The second kappa shape index (κ2) is 4.86. The van der Waals surface area contributed by atoms with Crippen LogP contribution in [0.15, 0.2) is 18.2 Å². The number of benzene rings is 1. The van der Waals surface area contributed by atoms with E-state index in [1.54, 1.807) is 28.8 Å². The third-order valence-electron chi connectivity index (χ3n) is 3.51. The van der Waals surface area contributed by atoms with E-state index in [2.05, 4.69) is 5.32 Å². The molecule has 5 nitrogen and oxygen atoms in total. The molecule has 1 unspecified atom stereocenters. The minimum absolute atomic E-state index is 0.0475. The molecule has 19 heavy (non-hydrogen) atoms. The van der Waals surface area contributed by atoms with Gasteiger partial charge < -0.3 is 10.0 Å². The molecule has 2 heterocycles. The van der Waals surface area contributed by atoms with E-state index >= 15 is 0 Å². The first-order valence-electron chi connectivity index (χ1n) is 6.15. The number of fused-ring (bicyclic) bond motifs is 1. The summed E-state index contributed by atoms with van der Waals surface area (Å²) < 4.78 is 0. The van der Waals surface area contributed by atoms with Crippen LogP contribution in [0.5, 0.6) is 0 Å². The highest BCUT2D eigenvalue weighted by Crippen LogP contribution is 2.30. The van der Waals surface area contributed by atoms with Crippen LogP contribution in [0.1, 0.15) is 15.9 Å². The van der Waals surface area contributed by atoms with Crippen molar-refractivity contribution in [3.63, 3.8) is 0 Å². The van der Waals surface area contributed by atoms with Gasteiger partial charge in [0, 0.05) is 23.9 Å². The van der Waals surface area contributed by atoms with Crippen molar-refractivity contribution in [2.45, 2.75) is 12.5 Å². The number of carbonyl (C=O) groups is 2. The molecule has 100 valence electrons. The monoisotopic (exact) mass is 278 g/mol. The third-order valence-corrected chi connectivity index (χ3v) is 4.45. The highest BCUT2D eigenvalue weighted by molar-refractivity contribution is 7.99. The standard InChI is InChI=1S/C13H14N2O3S/c16-12(10-6-19-7-14-10)15-4-3-8-1-2-9(13(17)18)5-11(8)15/h1-2,5,10,14H,3-4,6-7H2,(H,17,18). The molecule has 6 heteroatoms. The van der Waals surface area contributed by atoms with Crippen molar-refractivity contribution in [1.29, 1.82) is 0 Å². The highest BCUT2D eigenvalue weighted by atomic mass is 32.2. The van der Waals surface area contributed by atoms with Crippen LogP contribution in [0.25, 0.3) is 0 Å². The van der Waals surface area contributed by atoms with Crippen molar-refractivity contribution in [3.05, 3.63) is 29.3 Å². The lowest BCUT2D eigenvalue weighted by Gasteiger charge is -2.21. The molecule has 0 bridgehead atoms. The Bertz CT molecular complexity index is 541. The van der Waals surface area contributed by atoms with Crippen LogP contribution in [0.4, 0.5) is 5.69 Å². The molecule has 1 saturated heterocycles. The maximum atomic E-state index is 12.4. The molecule has 2 aliphatic heterocycles. The fourth-order valence-corrected chi connectivity index (χ4v) is 3.42. The van der Waals surface area contributed by atoms with Crippen LogP contribution in [0, 0.1) is 0 Å². The van der Waals surface area contributed by atoms with Gasteiger partial charge in [-0.05, 0) is 24.1 Å². The van der Waals surface area contributed by atoms with Gasteiger partial charge in [0.15, 0.2) is 0 Å². The number of anilines is 1. The highest BCUT2D eigenvalue weighted by Gasteiger charge is 2.32. The summed E-state index contributed by atoms with van der Waals surface area (Å²) in [6, 6.07) is 4.86. The average Bonchev–Trinajstić information content (AvgIpc) is 3.06. The van der Waals surface area contributed by atoms with E-state index in [9.17, 15) is 9.59 Å². The Kier molecular flexibility index (Phi) is 3.20. The van der Waals surface area contributed by atoms with Gasteiger partial charge in [0.05, 0.1) is 11.6 Å². The van der Waals surface area contributed by atoms with Crippen LogP contribution in [-0.4, -0.2) is 41.2 Å². The Morgan fingerprint density at radius 1 is 1.42 bits per heavy atom. The molecular weight excluding hydrogens is 264 g/mol. The van der Waals surface area contributed by atoms with Gasteiger partial charge in [-0.25, -0.2) is 4.79 Å². The number of thioether (sulfide) groups is 1. The number of hydrogen-bond donors (Lipinski definition) is 2. The van der Waals surface area contributed by atoms with Gasteiger partial charge in [0.25, 0.3) is 0 Å². The summed E-state index contributed by atoms with van der Waals surface area (Å²) in [5.41, 5.74) is 2.03. The van der Waals surface area contributed by atoms with Crippen molar-refractivity contribution in [2.75, 3.05) is 23.1 Å². The number of hydrogen-bond acceptors (Lipinski definition) is 4. The largest absolute Gasteiger partial charge is 0.478 e. The molecular formula is C13H14N2O3S. The lowest BCUT2D eigenvalue weighted by Crippen LogP contribution is -2.44. The van der Waals surface area contributed by atoms with Gasteiger partial charge in [-0.1, -0.05) is 6.07 Å². The minimum atomic E-state index is -0.961. The Labute approximate surface area is 115 Å². The van der Waals surface area contributed by atoms with Crippen molar-refractivity contribution >= 4 is 29.3 Å². The molecule has 0 saturated carbocycles. The molecule has 2 N–H and O–H groups in total. The molecule has 2 aliphatic rings. The van der Waals surface area contributed by atoms with E-state index < -0.39 is 5.97 Å². The average molecular weight is 278 g/mol. The fourth-order valence-electron chi connectivity index (χ4n) is 2.48. The van der Waals surface area contributed by atoms with Crippen LogP contribution in [0.3, 0.4) is 0 Å². The molecule has 3 rings (SSSR count). The number of carboxylic acids is 1. The maximum absolute atomic E-state index is 12.4. The lowest BCUT2D eigenvalue weighted by atomic mass is 10.1. The molecule has 0 aromatic heterocycles. The first-order chi connectivity index (χ1) is 9.16. The van der Waals surface area contributed by atoms with Crippen molar-refractivity contribution < 1.29 is 14.7 Å². The Morgan fingerprint density at radius 2 is 2.26 bits per heavy atom. The normalized spacial score (nSPS) is 21.5. The molecule has 0 radical (unpaired) electrons. The summed E-state index contributed by atoms with van der Waals surface area (Å²) in [4.78, 5) is 25.1. The van der Waals surface area contributed by atoms with Crippen molar-refractivity contribution in [1.82, 2.24) is 5.32 Å². The zero-order valence-electron chi connectivity index (χ0n) is 10.3. The van der Waals surface area contributed by atoms with Crippen LogP contribution >= 0.6 is 11.8 Å². The summed E-state index contributed by atoms with van der Waals surface area (Å²) in [6.07, 6.45) is 0.792. The van der Waals surface area contributed by atoms with Gasteiger partial charge in [-0.15, -0.1) is 11.8 Å². The molecule has 1 atom stereocenters. The van der Waals surface area contributed by atoms with Gasteiger partial charge in [0.2, 0.25) is 5.91 Å². The van der Waals surface area contributed by atoms with E-state index in [0.717, 1.165) is 29.3 Å². The molecule has 0 aliphatic carbocycles. The van der Waals surface area contributed by atoms with Crippen molar-refractivity contribution in [2.24, 2.45) is 0 Å². The summed E-state index contributed by atoms with van der Waals surface area (Å²) in [6.45, 7) is 0.639. The fraction of sp³-hybridized carbons (Fsp3) is 0.385. The molecule has 1 fully saturated rings. The summed E-state index contributed by atoms with van der Waals surface area (Å²) in [7, 11) is 0. The summed E-state index contributed by atoms with van der Waals surface area (Å²) >= 11 is 1.71. The SMILES string of the molecule is O=C(O)c1ccc2c(c1)N(C(=O)C1CSCN1)CC2. The number of rotatable bonds is 2. The number of amides is 1. The number of aromatic carboxylic acids is 1. The number of nitrogens with one attached hydrogen (secondary N) is 1. The van der Waals surface area contributed by atoms with E-state index in [4.69, 9.17) is 5.11 Å². The smallest absolute Gasteiger partial charge is 0.335 e. The lowest BCUT2D eigenvalue weighted by molar-refractivity contribution is -0.119. The van der Waals surface area contributed by atoms with Gasteiger partial charge >= 0.3 is 5.97 Å². The van der Waals surface area contributed by atoms with Gasteiger partial charge in [-0.2, -0.15) is 0 Å². The summed E-state index contributed by atoms with van der Waals surface area (Å²) in [5, 5.41) is 12.2.